The van der Waals surface area contributed by atoms with Crippen molar-refractivity contribution < 1.29 is 9.59 Å². The first kappa shape index (κ1) is 12.0. The number of carbonyl (C=O) groups is 2. The van der Waals surface area contributed by atoms with Crippen molar-refractivity contribution in [2.24, 2.45) is 0 Å². The van der Waals surface area contributed by atoms with Crippen molar-refractivity contribution in [1.29, 1.82) is 0 Å². The molecule has 0 aromatic carbocycles. The second-order valence-electron chi connectivity index (χ2n) is 3.95. The van der Waals surface area contributed by atoms with Crippen molar-refractivity contribution in [1.82, 2.24) is 15.1 Å². The largest absolute Gasteiger partial charge is 0.347 e. The molecule has 0 aliphatic carbocycles. The molecule has 0 bridgehead atoms. The minimum atomic E-state index is -0.0926. The molecule has 1 unspecified atom stereocenters. The fourth-order valence-electron chi connectivity index (χ4n) is 1.64. The molecule has 1 rings (SSSR count). The average Bonchev–Trinajstić information content (AvgIpc) is 2.50. The summed E-state index contributed by atoms with van der Waals surface area (Å²) in [5, 5.41) is 3.11. The zero-order valence-electron chi connectivity index (χ0n) is 9.62. The number of amides is 2. The van der Waals surface area contributed by atoms with E-state index in [4.69, 9.17) is 0 Å². The lowest BCUT2D eigenvalue weighted by Crippen LogP contribution is -2.42. The van der Waals surface area contributed by atoms with Crippen LogP contribution in [0.15, 0.2) is 0 Å². The van der Waals surface area contributed by atoms with Gasteiger partial charge in [0.05, 0.1) is 12.6 Å². The van der Waals surface area contributed by atoms with Gasteiger partial charge in [-0.15, -0.1) is 0 Å². The summed E-state index contributed by atoms with van der Waals surface area (Å²) in [4.78, 5) is 26.3. The molecule has 1 heterocycles. The van der Waals surface area contributed by atoms with E-state index in [9.17, 15) is 9.59 Å². The molecule has 0 aromatic heterocycles. The number of hydrogen-bond acceptors (Lipinski definition) is 3. The van der Waals surface area contributed by atoms with Gasteiger partial charge in [-0.1, -0.05) is 6.92 Å². The molecule has 0 radical (unpaired) electrons. The molecule has 86 valence electrons. The van der Waals surface area contributed by atoms with Gasteiger partial charge in [-0.3, -0.25) is 9.59 Å². The minimum absolute atomic E-state index is 0.0273. The summed E-state index contributed by atoms with van der Waals surface area (Å²) < 4.78 is 0. The highest BCUT2D eigenvalue weighted by molar-refractivity contribution is 5.88. The third-order valence-electron chi connectivity index (χ3n) is 2.57. The zero-order valence-corrected chi connectivity index (χ0v) is 9.62. The van der Waals surface area contributed by atoms with E-state index in [1.54, 1.807) is 19.0 Å². The highest BCUT2D eigenvalue weighted by Gasteiger charge is 2.31. The normalized spacial score (nSPS) is 20.9. The molecule has 1 aliphatic heterocycles. The van der Waals surface area contributed by atoms with Gasteiger partial charge >= 0.3 is 0 Å². The Kier molecular flexibility index (Phi) is 4.08. The number of hydrogen-bond donors (Lipinski definition) is 1. The van der Waals surface area contributed by atoms with Crippen LogP contribution in [0.25, 0.3) is 0 Å². The van der Waals surface area contributed by atoms with Crippen molar-refractivity contribution in [2.75, 3.05) is 33.7 Å². The maximum Gasteiger partial charge on any atom is 0.241 e. The predicted molar refractivity (Wildman–Crippen MR) is 57.4 cm³/mol. The first-order valence-corrected chi connectivity index (χ1v) is 5.28. The Hall–Kier alpha value is -1.10. The van der Waals surface area contributed by atoms with E-state index in [1.807, 2.05) is 6.92 Å². The molecule has 1 fully saturated rings. The Labute approximate surface area is 90.4 Å². The van der Waals surface area contributed by atoms with Crippen LogP contribution in [-0.4, -0.2) is 61.4 Å². The Bertz CT molecular complexity index is 253. The molecule has 1 atom stereocenters. The minimum Gasteiger partial charge on any atom is -0.347 e. The Morgan fingerprint density at radius 1 is 1.60 bits per heavy atom. The molecule has 0 spiro atoms. The van der Waals surface area contributed by atoms with Gasteiger partial charge in [0.2, 0.25) is 11.8 Å². The van der Waals surface area contributed by atoms with Crippen LogP contribution in [-0.2, 0) is 9.59 Å². The van der Waals surface area contributed by atoms with Gasteiger partial charge in [-0.25, -0.2) is 0 Å². The van der Waals surface area contributed by atoms with Crippen molar-refractivity contribution in [3.63, 3.8) is 0 Å². The van der Waals surface area contributed by atoms with Crippen LogP contribution in [0.4, 0.5) is 0 Å². The van der Waals surface area contributed by atoms with Gasteiger partial charge in [0.25, 0.3) is 0 Å². The van der Waals surface area contributed by atoms with Gasteiger partial charge in [0.1, 0.15) is 0 Å². The van der Waals surface area contributed by atoms with Crippen LogP contribution < -0.4 is 5.32 Å². The van der Waals surface area contributed by atoms with E-state index < -0.39 is 0 Å². The second kappa shape index (κ2) is 5.11. The first-order valence-electron chi connectivity index (χ1n) is 5.28. The standard InChI is InChI=1S/C10H19N3O2/c1-4-11-8-5-6-13(10(8)15)7-9(14)12(2)3/h8,11H,4-7H2,1-3H3. The molecule has 0 saturated carbocycles. The molecule has 5 nitrogen and oxygen atoms in total. The molecule has 1 N–H and O–H groups in total. The number of likely N-dealkylation sites (tertiary alicyclic amines) is 1. The van der Waals surface area contributed by atoms with E-state index in [-0.39, 0.29) is 24.4 Å². The maximum absolute atomic E-state index is 11.7. The first-order chi connectivity index (χ1) is 7.06. The van der Waals surface area contributed by atoms with E-state index in [0.29, 0.717) is 6.54 Å². The molecular formula is C10H19N3O2. The van der Waals surface area contributed by atoms with Gasteiger partial charge in [-0.2, -0.15) is 0 Å². The summed E-state index contributed by atoms with van der Waals surface area (Å²) in [7, 11) is 3.40. The molecule has 2 amide bonds. The lowest BCUT2D eigenvalue weighted by atomic mass is 10.2. The zero-order chi connectivity index (χ0) is 11.4. The molecule has 0 aromatic rings. The average molecular weight is 213 g/mol. The summed E-state index contributed by atoms with van der Waals surface area (Å²) in [6.45, 7) is 3.64. The van der Waals surface area contributed by atoms with Crippen LogP contribution in [0.1, 0.15) is 13.3 Å². The van der Waals surface area contributed by atoms with E-state index in [0.717, 1.165) is 13.0 Å². The van der Waals surface area contributed by atoms with Crippen molar-refractivity contribution in [2.45, 2.75) is 19.4 Å². The highest BCUT2D eigenvalue weighted by Crippen LogP contribution is 2.10. The van der Waals surface area contributed by atoms with Gasteiger partial charge < -0.3 is 15.1 Å². The van der Waals surface area contributed by atoms with Crippen molar-refractivity contribution in [3.05, 3.63) is 0 Å². The fourth-order valence-corrected chi connectivity index (χ4v) is 1.64. The molecule has 1 saturated heterocycles. The fraction of sp³-hybridized carbons (Fsp3) is 0.800. The predicted octanol–water partition coefficient (Wildman–Crippen LogP) is -0.715. The van der Waals surface area contributed by atoms with E-state index in [2.05, 4.69) is 5.32 Å². The monoisotopic (exact) mass is 213 g/mol. The van der Waals surface area contributed by atoms with Crippen LogP contribution in [0.3, 0.4) is 0 Å². The number of carbonyl (C=O) groups excluding carboxylic acids is 2. The van der Waals surface area contributed by atoms with Gasteiger partial charge in [0, 0.05) is 20.6 Å². The van der Waals surface area contributed by atoms with Crippen LogP contribution in [0.5, 0.6) is 0 Å². The van der Waals surface area contributed by atoms with Gasteiger partial charge in [-0.05, 0) is 13.0 Å². The molecule has 5 heteroatoms. The third kappa shape index (κ3) is 2.92. The number of nitrogens with zero attached hydrogens (tertiary/aromatic N) is 2. The molecule has 15 heavy (non-hydrogen) atoms. The Morgan fingerprint density at radius 3 is 2.80 bits per heavy atom. The Morgan fingerprint density at radius 2 is 2.27 bits per heavy atom. The Balaban J connectivity index is 2.46. The van der Waals surface area contributed by atoms with Crippen LogP contribution in [0.2, 0.25) is 0 Å². The quantitative estimate of drug-likeness (QED) is 0.671. The summed E-state index contributed by atoms with van der Waals surface area (Å²) in [5.74, 6) is 0.0209. The lowest BCUT2D eigenvalue weighted by Gasteiger charge is -2.18. The maximum atomic E-state index is 11.7. The number of rotatable bonds is 4. The third-order valence-corrected chi connectivity index (χ3v) is 2.57. The second-order valence-corrected chi connectivity index (χ2v) is 3.95. The van der Waals surface area contributed by atoms with Crippen molar-refractivity contribution in [3.8, 4) is 0 Å². The molecular weight excluding hydrogens is 194 g/mol. The summed E-state index contributed by atoms with van der Waals surface area (Å²) in [6, 6.07) is -0.0926. The van der Waals surface area contributed by atoms with Gasteiger partial charge in [0.15, 0.2) is 0 Å². The summed E-state index contributed by atoms with van der Waals surface area (Å²) >= 11 is 0. The topological polar surface area (TPSA) is 52.7 Å². The summed E-state index contributed by atoms with van der Waals surface area (Å²) in [5.41, 5.74) is 0. The van der Waals surface area contributed by atoms with Crippen molar-refractivity contribution >= 4 is 11.8 Å². The summed E-state index contributed by atoms with van der Waals surface area (Å²) in [6.07, 6.45) is 0.799. The number of likely N-dealkylation sites (N-methyl/N-ethyl adjacent to an activating group) is 2. The van der Waals surface area contributed by atoms with Crippen LogP contribution in [0, 0.1) is 0 Å². The van der Waals surface area contributed by atoms with E-state index >= 15 is 0 Å². The number of nitrogens with one attached hydrogen (secondary N) is 1. The smallest absolute Gasteiger partial charge is 0.241 e. The van der Waals surface area contributed by atoms with Crippen LogP contribution >= 0.6 is 0 Å². The van der Waals surface area contributed by atoms with E-state index in [1.165, 1.54) is 4.90 Å². The molecule has 1 aliphatic rings. The SMILES string of the molecule is CCNC1CCN(CC(=O)N(C)C)C1=O. The highest BCUT2D eigenvalue weighted by atomic mass is 16.2. The lowest BCUT2D eigenvalue weighted by molar-refractivity contribution is -0.137.